The summed E-state index contributed by atoms with van der Waals surface area (Å²) in [6, 6.07) is -0.824. The Morgan fingerprint density at radius 3 is 2.86 bits per heavy atom. The number of aromatic nitrogens is 1. The summed E-state index contributed by atoms with van der Waals surface area (Å²) in [4.78, 5) is 30.4. The summed E-state index contributed by atoms with van der Waals surface area (Å²) in [5.41, 5.74) is 0. The average Bonchev–Trinajstić information content (AvgIpc) is 3.12. The van der Waals surface area contributed by atoms with Crippen LogP contribution in [0.4, 0.5) is 23.1 Å². The second kappa shape index (κ2) is 6.51. The van der Waals surface area contributed by atoms with Gasteiger partial charge in [-0.25, -0.2) is 9.78 Å². The Morgan fingerprint density at radius 1 is 1.55 bits per heavy atom. The summed E-state index contributed by atoms with van der Waals surface area (Å²) in [7, 11) is 1.51. The van der Waals surface area contributed by atoms with E-state index in [-0.39, 0.29) is 6.54 Å². The number of hydrogen-bond donors (Lipinski definition) is 0. The lowest BCUT2D eigenvalue weighted by Gasteiger charge is -2.26. The number of halogens is 3. The van der Waals surface area contributed by atoms with E-state index in [4.69, 9.17) is 0 Å². The Labute approximate surface area is 128 Å². The summed E-state index contributed by atoms with van der Waals surface area (Å²) < 4.78 is 40.5. The molecule has 0 aliphatic carbocycles. The third kappa shape index (κ3) is 3.87. The maximum Gasteiger partial charge on any atom is 0.422 e. The average molecular weight is 337 g/mol. The molecular formula is C12H14F3N3O3S. The van der Waals surface area contributed by atoms with Gasteiger partial charge in [0.05, 0.1) is 0 Å². The third-order valence-electron chi connectivity index (χ3n) is 3.17. The van der Waals surface area contributed by atoms with Crippen LogP contribution in [0.5, 0.6) is 0 Å². The highest BCUT2D eigenvalue weighted by molar-refractivity contribution is 7.13. The van der Waals surface area contributed by atoms with Crippen molar-refractivity contribution in [2.24, 2.45) is 0 Å². The number of nitrogens with zero attached hydrogens (tertiary/aromatic N) is 3. The predicted molar refractivity (Wildman–Crippen MR) is 72.7 cm³/mol. The second-order valence-electron chi connectivity index (χ2n) is 4.73. The molecule has 0 bridgehead atoms. The van der Waals surface area contributed by atoms with Crippen molar-refractivity contribution in [1.82, 2.24) is 9.88 Å². The van der Waals surface area contributed by atoms with E-state index >= 15 is 0 Å². The minimum Gasteiger partial charge on any atom is -0.440 e. The highest BCUT2D eigenvalue weighted by Gasteiger charge is 2.39. The van der Waals surface area contributed by atoms with E-state index in [0.29, 0.717) is 18.0 Å². The van der Waals surface area contributed by atoms with Gasteiger partial charge in [0, 0.05) is 25.2 Å². The molecule has 1 fully saturated rings. The molecule has 0 unspecified atom stereocenters. The van der Waals surface area contributed by atoms with Gasteiger partial charge < -0.3 is 4.74 Å². The van der Waals surface area contributed by atoms with Crippen molar-refractivity contribution in [3.8, 4) is 0 Å². The summed E-state index contributed by atoms with van der Waals surface area (Å²) in [6.45, 7) is -1.47. The summed E-state index contributed by atoms with van der Waals surface area (Å²) in [6.07, 6.45) is -3.26. The van der Waals surface area contributed by atoms with Crippen LogP contribution in [0.15, 0.2) is 11.6 Å². The van der Waals surface area contributed by atoms with Gasteiger partial charge in [-0.1, -0.05) is 0 Å². The topological polar surface area (TPSA) is 62.7 Å². The second-order valence-corrected chi connectivity index (χ2v) is 5.61. The van der Waals surface area contributed by atoms with Crippen molar-refractivity contribution < 1.29 is 27.5 Å². The minimum absolute atomic E-state index is 0.193. The molecule has 0 radical (unpaired) electrons. The molecule has 10 heteroatoms. The van der Waals surface area contributed by atoms with Crippen LogP contribution in [0.3, 0.4) is 0 Å². The first-order valence-electron chi connectivity index (χ1n) is 6.47. The fourth-order valence-electron chi connectivity index (χ4n) is 2.17. The fourth-order valence-corrected chi connectivity index (χ4v) is 2.78. The van der Waals surface area contributed by atoms with E-state index in [0.717, 1.165) is 4.90 Å². The molecule has 22 heavy (non-hydrogen) atoms. The molecule has 1 aromatic rings. The number of carbonyl (C=O) groups excluding carboxylic acids is 2. The molecule has 1 atom stereocenters. The molecule has 0 N–H and O–H groups in total. The maximum absolute atomic E-state index is 12.4. The molecule has 2 rings (SSSR count). The monoisotopic (exact) mass is 337 g/mol. The molecule has 1 saturated heterocycles. The molecular weight excluding hydrogens is 323 g/mol. The van der Waals surface area contributed by atoms with E-state index in [9.17, 15) is 22.8 Å². The number of alkyl halides is 3. The summed E-state index contributed by atoms with van der Waals surface area (Å²) in [5.74, 6) is -0.392. The molecule has 122 valence electrons. The molecule has 0 aromatic carbocycles. The van der Waals surface area contributed by atoms with Crippen LogP contribution in [-0.2, 0) is 9.53 Å². The van der Waals surface area contributed by atoms with Gasteiger partial charge in [0.1, 0.15) is 6.04 Å². The number of hydrogen-bond acceptors (Lipinski definition) is 5. The Bertz CT molecular complexity index is 535. The Balaban J connectivity index is 2.00. The van der Waals surface area contributed by atoms with Gasteiger partial charge in [-0.2, -0.15) is 13.2 Å². The van der Waals surface area contributed by atoms with Crippen LogP contribution in [0.1, 0.15) is 12.8 Å². The van der Waals surface area contributed by atoms with Crippen LogP contribution in [0.25, 0.3) is 0 Å². The van der Waals surface area contributed by atoms with Crippen LogP contribution in [-0.4, -0.2) is 54.3 Å². The van der Waals surface area contributed by atoms with Crippen molar-refractivity contribution in [3.63, 3.8) is 0 Å². The maximum atomic E-state index is 12.4. The molecule has 2 amide bonds. The number of carbonyl (C=O) groups is 2. The Kier molecular flexibility index (Phi) is 4.89. The van der Waals surface area contributed by atoms with Gasteiger partial charge in [0.25, 0.3) is 5.91 Å². The molecule has 1 aliphatic heterocycles. The Hall–Kier alpha value is -1.84. The highest BCUT2D eigenvalue weighted by Crippen LogP contribution is 2.24. The normalized spacial score (nSPS) is 18.4. The van der Waals surface area contributed by atoms with Gasteiger partial charge in [-0.15, -0.1) is 11.3 Å². The number of likely N-dealkylation sites (N-methyl/N-ethyl adjacent to an activating group) is 1. The molecule has 1 aliphatic rings. The number of amides is 2. The Morgan fingerprint density at radius 2 is 2.27 bits per heavy atom. The number of thiazole rings is 1. The largest absolute Gasteiger partial charge is 0.440 e. The van der Waals surface area contributed by atoms with Crippen molar-refractivity contribution in [2.45, 2.75) is 25.1 Å². The zero-order valence-electron chi connectivity index (χ0n) is 11.7. The minimum atomic E-state index is -4.59. The first-order chi connectivity index (χ1) is 10.3. The zero-order valence-corrected chi connectivity index (χ0v) is 12.5. The third-order valence-corrected chi connectivity index (χ3v) is 4.02. The SMILES string of the molecule is CN(C(=O)[C@H]1CCCN1C(=O)OCC(F)(F)F)c1nccs1. The van der Waals surface area contributed by atoms with Crippen LogP contribution in [0.2, 0.25) is 0 Å². The standard InChI is InChI=1S/C12H14F3N3O3S/c1-17(10-16-4-6-22-10)9(19)8-3-2-5-18(8)11(20)21-7-12(13,14)15/h4,6,8H,2-3,5,7H2,1H3/t8-/m1/s1. The van der Waals surface area contributed by atoms with E-state index < -0.39 is 30.8 Å². The lowest BCUT2D eigenvalue weighted by molar-refractivity contribution is -0.162. The van der Waals surface area contributed by atoms with Gasteiger partial charge in [-0.05, 0) is 12.8 Å². The number of likely N-dealkylation sites (tertiary alicyclic amines) is 1. The van der Waals surface area contributed by atoms with Gasteiger partial charge in [-0.3, -0.25) is 14.6 Å². The van der Waals surface area contributed by atoms with E-state index in [2.05, 4.69) is 9.72 Å². The quantitative estimate of drug-likeness (QED) is 0.849. The summed E-state index contributed by atoms with van der Waals surface area (Å²) in [5, 5.41) is 2.16. The van der Waals surface area contributed by atoms with Crippen molar-refractivity contribution in [3.05, 3.63) is 11.6 Å². The predicted octanol–water partition coefficient (Wildman–Crippen LogP) is 2.27. The van der Waals surface area contributed by atoms with Crippen molar-refractivity contribution in [1.29, 1.82) is 0 Å². The van der Waals surface area contributed by atoms with E-state index in [1.165, 1.54) is 29.5 Å². The van der Waals surface area contributed by atoms with Crippen LogP contribution < -0.4 is 4.90 Å². The lowest BCUT2D eigenvalue weighted by atomic mass is 10.2. The lowest BCUT2D eigenvalue weighted by Crippen LogP contribution is -2.47. The number of rotatable bonds is 3. The number of ether oxygens (including phenoxy) is 1. The van der Waals surface area contributed by atoms with Crippen LogP contribution in [0, 0.1) is 0 Å². The van der Waals surface area contributed by atoms with Crippen molar-refractivity contribution in [2.75, 3.05) is 25.1 Å². The highest BCUT2D eigenvalue weighted by atomic mass is 32.1. The smallest absolute Gasteiger partial charge is 0.422 e. The fraction of sp³-hybridized carbons (Fsp3) is 0.583. The van der Waals surface area contributed by atoms with Crippen molar-refractivity contribution >= 4 is 28.5 Å². The molecule has 2 heterocycles. The molecule has 6 nitrogen and oxygen atoms in total. The molecule has 1 aromatic heterocycles. The van der Waals surface area contributed by atoms with Gasteiger partial charge in [0.15, 0.2) is 11.7 Å². The number of anilines is 1. The van der Waals surface area contributed by atoms with Crippen LogP contribution >= 0.6 is 11.3 Å². The van der Waals surface area contributed by atoms with Gasteiger partial charge in [0.2, 0.25) is 0 Å². The van der Waals surface area contributed by atoms with Gasteiger partial charge >= 0.3 is 12.3 Å². The van der Waals surface area contributed by atoms with E-state index in [1.807, 2.05) is 0 Å². The molecule has 0 saturated carbocycles. The zero-order chi connectivity index (χ0) is 16.3. The summed E-state index contributed by atoms with van der Waals surface area (Å²) >= 11 is 1.25. The van der Waals surface area contributed by atoms with E-state index in [1.54, 1.807) is 5.38 Å². The molecule has 0 spiro atoms. The first kappa shape index (κ1) is 16.5. The first-order valence-corrected chi connectivity index (χ1v) is 7.35.